The molecule has 0 unspecified atom stereocenters. The van der Waals surface area contributed by atoms with Crippen LogP contribution in [0.15, 0.2) is 34.7 Å². The molecular weight excluding hydrogens is 412 g/mol. The first-order chi connectivity index (χ1) is 14.5. The van der Waals surface area contributed by atoms with Crippen LogP contribution >= 0.6 is 0 Å². The molecule has 3 rings (SSSR count). The predicted octanol–water partition coefficient (Wildman–Crippen LogP) is 6.62. The lowest BCUT2D eigenvalue weighted by Crippen LogP contribution is -2.43. The van der Waals surface area contributed by atoms with Crippen molar-refractivity contribution in [1.82, 2.24) is 0 Å². The smallest absolute Gasteiger partial charge is 0.397 e. The summed E-state index contributed by atoms with van der Waals surface area (Å²) in [7, 11) is -4.42. The average Bonchev–Trinajstić information content (AvgIpc) is 3.19. The van der Waals surface area contributed by atoms with Crippen LogP contribution in [0.2, 0.25) is 0 Å². The molecule has 2 aliphatic carbocycles. The Hall–Kier alpha value is -1.11. The molecule has 1 aromatic rings. The van der Waals surface area contributed by atoms with Gasteiger partial charge in [-0.05, 0) is 98.0 Å². The number of fused-ring (bicyclic) bond motifs is 1. The van der Waals surface area contributed by atoms with E-state index in [1.807, 2.05) is 6.07 Å². The highest BCUT2D eigenvalue weighted by Gasteiger charge is 2.47. The van der Waals surface area contributed by atoms with Gasteiger partial charge in [-0.2, -0.15) is 8.42 Å². The molecule has 4 atom stereocenters. The minimum Gasteiger partial charge on any atom is -0.472 e. The molecule has 1 N–H and O–H groups in total. The monoisotopic (exact) mass is 452 g/mol. The molecule has 5 nitrogen and oxygen atoms in total. The van der Waals surface area contributed by atoms with Crippen molar-refractivity contribution in [3.05, 3.63) is 35.8 Å². The molecule has 0 aromatic carbocycles. The van der Waals surface area contributed by atoms with Gasteiger partial charge in [0.15, 0.2) is 0 Å². The van der Waals surface area contributed by atoms with Crippen molar-refractivity contribution in [1.29, 1.82) is 0 Å². The third kappa shape index (κ3) is 6.23. The Labute approximate surface area is 188 Å². The molecule has 0 saturated heterocycles. The topological polar surface area (TPSA) is 76.7 Å². The van der Waals surface area contributed by atoms with Gasteiger partial charge in [-0.25, -0.2) is 4.18 Å². The van der Waals surface area contributed by atoms with Gasteiger partial charge in [0.05, 0.1) is 19.1 Å². The van der Waals surface area contributed by atoms with E-state index in [0.717, 1.165) is 44.1 Å². The molecule has 0 amide bonds. The summed E-state index contributed by atoms with van der Waals surface area (Å²) in [6.07, 6.45) is 15.5. The van der Waals surface area contributed by atoms with Gasteiger partial charge in [0.1, 0.15) is 0 Å². The van der Waals surface area contributed by atoms with Crippen molar-refractivity contribution >= 4 is 10.4 Å². The normalized spacial score (nSPS) is 29.3. The van der Waals surface area contributed by atoms with Crippen LogP contribution in [-0.2, 0) is 21.0 Å². The molecule has 1 fully saturated rings. The summed E-state index contributed by atoms with van der Waals surface area (Å²) >= 11 is 0. The van der Waals surface area contributed by atoms with Crippen LogP contribution in [0.1, 0.15) is 84.6 Å². The first-order valence-corrected chi connectivity index (χ1v) is 13.2. The molecular formula is C25H40O5S. The number of furan rings is 1. The van der Waals surface area contributed by atoms with Crippen molar-refractivity contribution in [2.24, 2.45) is 28.6 Å². The number of aryl methyl sites for hydroxylation is 1. The summed E-state index contributed by atoms with van der Waals surface area (Å²) in [6, 6.07) is 1.96. The van der Waals surface area contributed by atoms with Crippen LogP contribution in [0.4, 0.5) is 0 Å². The first kappa shape index (κ1) is 24.5. The van der Waals surface area contributed by atoms with Crippen LogP contribution in [0.25, 0.3) is 0 Å². The molecule has 0 aliphatic heterocycles. The quantitative estimate of drug-likeness (QED) is 0.319. The summed E-state index contributed by atoms with van der Waals surface area (Å²) in [6.45, 7) is 9.67. The second-order valence-corrected chi connectivity index (χ2v) is 11.9. The van der Waals surface area contributed by atoms with Gasteiger partial charge >= 0.3 is 10.4 Å². The number of allylic oxidation sites excluding steroid dienone is 2. The Morgan fingerprint density at radius 3 is 2.71 bits per heavy atom. The maximum Gasteiger partial charge on any atom is 0.397 e. The van der Waals surface area contributed by atoms with Crippen molar-refractivity contribution < 1.29 is 21.6 Å². The summed E-state index contributed by atoms with van der Waals surface area (Å²) in [5.41, 5.74) is 3.28. The Morgan fingerprint density at radius 2 is 2.03 bits per heavy atom. The van der Waals surface area contributed by atoms with Gasteiger partial charge < -0.3 is 4.42 Å². The molecule has 1 aromatic heterocycles. The summed E-state index contributed by atoms with van der Waals surface area (Å²) in [4.78, 5) is 0. The lowest BCUT2D eigenvalue weighted by Gasteiger charge is -2.53. The Kier molecular flexibility index (Phi) is 7.75. The number of rotatable bonds is 10. The average molecular weight is 453 g/mol. The minimum atomic E-state index is -4.42. The van der Waals surface area contributed by atoms with E-state index in [1.54, 1.807) is 18.1 Å². The van der Waals surface area contributed by atoms with E-state index in [9.17, 15) is 8.42 Å². The van der Waals surface area contributed by atoms with Crippen molar-refractivity contribution in [3.63, 3.8) is 0 Å². The second kappa shape index (κ2) is 9.80. The third-order valence-corrected chi connectivity index (χ3v) is 8.72. The lowest BCUT2D eigenvalue weighted by atomic mass is 9.52. The first-order valence-electron chi connectivity index (χ1n) is 11.8. The zero-order valence-corrected chi connectivity index (χ0v) is 20.4. The van der Waals surface area contributed by atoms with Gasteiger partial charge in [-0.3, -0.25) is 4.55 Å². The Bertz CT molecular complexity index is 839. The van der Waals surface area contributed by atoms with Gasteiger partial charge in [0, 0.05) is 0 Å². The van der Waals surface area contributed by atoms with Gasteiger partial charge in [-0.15, -0.1) is 0 Å². The van der Waals surface area contributed by atoms with Crippen molar-refractivity contribution in [2.45, 2.75) is 85.5 Å². The van der Waals surface area contributed by atoms with Gasteiger partial charge in [0.2, 0.25) is 0 Å². The van der Waals surface area contributed by atoms with E-state index in [0.29, 0.717) is 17.3 Å². The summed E-state index contributed by atoms with van der Waals surface area (Å²) in [5, 5.41) is 0. The van der Waals surface area contributed by atoms with E-state index in [-0.39, 0.29) is 17.9 Å². The molecule has 1 heterocycles. The van der Waals surface area contributed by atoms with Gasteiger partial charge in [-0.1, -0.05) is 39.3 Å². The maximum absolute atomic E-state index is 11.2. The fourth-order valence-electron chi connectivity index (χ4n) is 5.95. The Morgan fingerprint density at radius 1 is 1.26 bits per heavy atom. The van der Waals surface area contributed by atoms with E-state index < -0.39 is 10.4 Å². The summed E-state index contributed by atoms with van der Waals surface area (Å²) < 4.78 is 41.4. The standard InChI is InChI=1S/C25H40O5S/c1-19-10-11-22-23(9-6-14-24(22,2)3)25(19,4)15-12-20(18-30-31(26,27)28)7-5-8-21-13-16-29-17-21/h9,13,16-17,19-20,22H,5-8,10-12,14-15,18H2,1-4H3,(H,26,27,28)/t19-,20-,22-,25-/m1/s1. The van der Waals surface area contributed by atoms with E-state index in [1.165, 1.54) is 19.3 Å². The molecule has 1 saturated carbocycles. The fourth-order valence-corrected chi connectivity index (χ4v) is 6.32. The maximum atomic E-state index is 11.2. The highest BCUT2D eigenvalue weighted by molar-refractivity contribution is 7.80. The molecule has 31 heavy (non-hydrogen) atoms. The fraction of sp³-hybridized carbons (Fsp3) is 0.760. The van der Waals surface area contributed by atoms with Crippen LogP contribution in [0.5, 0.6) is 0 Å². The minimum absolute atomic E-state index is 0.0443. The van der Waals surface area contributed by atoms with Crippen LogP contribution in [0.3, 0.4) is 0 Å². The van der Waals surface area contributed by atoms with Crippen molar-refractivity contribution in [3.8, 4) is 0 Å². The zero-order valence-electron chi connectivity index (χ0n) is 19.6. The van der Waals surface area contributed by atoms with E-state index in [2.05, 4.69) is 33.8 Å². The Balaban J connectivity index is 1.67. The molecule has 6 heteroatoms. The van der Waals surface area contributed by atoms with E-state index in [4.69, 9.17) is 13.2 Å². The predicted molar refractivity (Wildman–Crippen MR) is 123 cm³/mol. The molecule has 176 valence electrons. The zero-order chi connectivity index (χ0) is 22.7. The number of hydrogen-bond donors (Lipinski definition) is 1. The molecule has 0 spiro atoms. The van der Waals surface area contributed by atoms with Crippen LogP contribution in [0, 0.1) is 28.6 Å². The van der Waals surface area contributed by atoms with Crippen LogP contribution < -0.4 is 0 Å². The van der Waals surface area contributed by atoms with Gasteiger partial charge in [0.25, 0.3) is 0 Å². The molecule has 0 bridgehead atoms. The SMILES string of the molecule is C[C@@H]1CC[C@@H]2C(=CCCC2(C)C)[C@]1(C)CC[C@@H](CCCc1ccoc1)COS(=O)(=O)O. The largest absolute Gasteiger partial charge is 0.472 e. The third-order valence-electron chi connectivity index (χ3n) is 8.29. The lowest BCUT2D eigenvalue weighted by molar-refractivity contribution is 0.0728. The molecule has 0 radical (unpaired) electrons. The highest BCUT2D eigenvalue weighted by atomic mass is 32.3. The second-order valence-electron chi connectivity index (χ2n) is 10.8. The van der Waals surface area contributed by atoms with Crippen LogP contribution in [-0.4, -0.2) is 19.6 Å². The summed E-state index contributed by atoms with van der Waals surface area (Å²) in [5.74, 6) is 1.35. The number of hydrogen-bond acceptors (Lipinski definition) is 4. The van der Waals surface area contributed by atoms with Crippen molar-refractivity contribution in [2.75, 3.05) is 6.61 Å². The van der Waals surface area contributed by atoms with E-state index >= 15 is 0 Å². The highest BCUT2D eigenvalue weighted by Crippen LogP contribution is 2.58. The molecule has 2 aliphatic rings.